The van der Waals surface area contributed by atoms with E-state index in [-0.39, 0.29) is 16.9 Å². The average Bonchev–Trinajstić information content (AvgIpc) is 3.23. The zero-order valence-electron chi connectivity index (χ0n) is 18.8. The highest BCUT2D eigenvalue weighted by molar-refractivity contribution is 5.66. The van der Waals surface area contributed by atoms with Gasteiger partial charge in [0.25, 0.3) is 5.88 Å². The Labute approximate surface area is 194 Å². The molecule has 0 bridgehead atoms. The maximum Gasteiger partial charge on any atom is 0.261 e. The van der Waals surface area contributed by atoms with Gasteiger partial charge in [0, 0.05) is 43.4 Å². The van der Waals surface area contributed by atoms with Crippen LogP contribution in [0.3, 0.4) is 0 Å². The third kappa shape index (κ3) is 4.28. The van der Waals surface area contributed by atoms with Crippen LogP contribution in [0.4, 0.5) is 30.5 Å². The van der Waals surface area contributed by atoms with E-state index in [1.807, 2.05) is 6.07 Å². The van der Waals surface area contributed by atoms with E-state index in [0.29, 0.717) is 12.1 Å². The van der Waals surface area contributed by atoms with Gasteiger partial charge in [-0.05, 0) is 32.5 Å². The van der Waals surface area contributed by atoms with Crippen molar-refractivity contribution in [3.8, 4) is 11.6 Å². The predicted octanol–water partition coefficient (Wildman–Crippen LogP) is 4.54. The van der Waals surface area contributed by atoms with Gasteiger partial charge in [-0.3, -0.25) is 0 Å². The van der Waals surface area contributed by atoms with Gasteiger partial charge in [0.15, 0.2) is 17.4 Å². The lowest BCUT2D eigenvalue weighted by Crippen LogP contribution is -2.44. The number of rotatable bonds is 5. The molecule has 1 saturated heterocycles. The van der Waals surface area contributed by atoms with Crippen LogP contribution >= 0.6 is 0 Å². The normalized spacial score (nSPS) is 15.8. The first-order chi connectivity index (χ1) is 16.4. The quantitative estimate of drug-likeness (QED) is 0.590. The van der Waals surface area contributed by atoms with Crippen LogP contribution in [0.5, 0.6) is 11.6 Å². The molecule has 2 aromatic heterocycles. The molecular weight excluding hydrogens is 445 g/mol. The second-order valence-corrected chi connectivity index (χ2v) is 8.49. The highest BCUT2D eigenvalue weighted by Crippen LogP contribution is 2.37. The molecule has 1 N–H and O–H groups in total. The first-order valence-electron chi connectivity index (χ1n) is 10.9. The van der Waals surface area contributed by atoms with Crippen LogP contribution in [0.25, 0.3) is 6.08 Å². The molecule has 0 spiro atoms. The summed E-state index contributed by atoms with van der Waals surface area (Å²) in [6.45, 7) is 5.47. The van der Waals surface area contributed by atoms with Gasteiger partial charge in [0.2, 0.25) is 5.82 Å². The van der Waals surface area contributed by atoms with Crippen molar-refractivity contribution in [3.05, 3.63) is 64.9 Å². The minimum atomic E-state index is -0.933. The van der Waals surface area contributed by atoms with Crippen LogP contribution in [0.1, 0.15) is 18.1 Å². The van der Waals surface area contributed by atoms with Gasteiger partial charge < -0.3 is 19.9 Å². The highest BCUT2D eigenvalue weighted by Gasteiger charge is 2.24. The van der Waals surface area contributed by atoms with E-state index in [4.69, 9.17) is 4.74 Å². The van der Waals surface area contributed by atoms with Gasteiger partial charge in [0.05, 0.1) is 11.9 Å². The molecule has 10 heteroatoms. The van der Waals surface area contributed by atoms with Crippen LogP contribution in [0, 0.1) is 17.5 Å². The Balaban J connectivity index is 1.34. The van der Waals surface area contributed by atoms with Gasteiger partial charge in [-0.25, -0.2) is 18.7 Å². The monoisotopic (exact) mass is 468 g/mol. The van der Waals surface area contributed by atoms with E-state index in [1.165, 1.54) is 0 Å². The average molecular weight is 468 g/mol. The van der Waals surface area contributed by atoms with Gasteiger partial charge in [-0.1, -0.05) is 11.6 Å². The lowest BCUT2D eigenvalue weighted by atomic mass is 10.1. The third-order valence-electron chi connectivity index (χ3n) is 5.97. The molecule has 0 amide bonds. The van der Waals surface area contributed by atoms with E-state index in [2.05, 4.69) is 37.1 Å². The molecule has 1 aliphatic heterocycles. The molecule has 0 unspecified atom stereocenters. The Morgan fingerprint density at radius 1 is 1.00 bits per heavy atom. The molecule has 34 heavy (non-hydrogen) atoms. The number of benzene rings is 1. The van der Waals surface area contributed by atoms with Crippen molar-refractivity contribution in [1.29, 1.82) is 0 Å². The summed E-state index contributed by atoms with van der Waals surface area (Å²) in [5.74, 6) is -2.59. The fourth-order valence-electron chi connectivity index (χ4n) is 4.08. The SMILES string of the molecule is CC1=Cc2c(F)c(Oc3ncnc(Nc4ccc(N5CCN(C)CC5)nc4)c3F)cc(F)c2C1. The lowest BCUT2D eigenvalue weighted by Gasteiger charge is -2.33. The number of likely N-dealkylation sites (N-methyl/N-ethyl adjacent to an activating group) is 1. The van der Waals surface area contributed by atoms with E-state index in [9.17, 15) is 8.78 Å². The molecular formula is C24H23F3N6O. The lowest BCUT2D eigenvalue weighted by molar-refractivity contribution is 0.312. The van der Waals surface area contributed by atoms with Crippen molar-refractivity contribution in [2.24, 2.45) is 0 Å². The Kier molecular flexibility index (Phi) is 5.82. The van der Waals surface area contributed by atoms with Crippen LogP contribution in [-0.2, 0) is 6.42 Å². The molecule has 1 aliphatic carbocycles. The number of piperazine rings is 1. The number of fused-ring (bicyclic) bond motifs is 1. The number of ether oxygens (including phenoxy) is 1. The van der Waals surface area contributed by atoms with Crippen molar-refractivity contribution < 1.29 is 17.9 Å². The standard InChI is InChI=1S/C24H23F3N6O/c1-14-9-16-17(10-14)21(26)19(11-18(16)25)34-24-22(27)23(29-13-30-24)31-15-3-4-20(28-12-15)33-7-5-32(2)6-8-33/h3-4,10-13H,5-9H2,1-2H3,(H,29,30,31). The fraction of sp³-hybridized carbons (Fsp3) is 0.292. The number of nitrogens with zero attached hydrogens (tertiary/aromatic N) is 5. The van der Waals surface area contributed by atoms with Gasteiger partial charge >= 0.3 is 0 Å². The maximum absolute atomic E-state index is 15.0. The maximum atomic E-state index is 15.0. The Morgan fingerprint density at radius 2 is 1.79 bits per heavy atom. The summed E-state index contributed by atoms with van der Waals surface area (Å²) >= 11 is 0. The summed E-state index contributed by atoms with van der Waals surface area (Å²) in [5, 5.41) is 2.84. The predicted molar refractivity (Wildman–Crippen MR) is 123 cm³/mol. The zero-order valence-corrected chi connectivity index (χ0v) is 18.8. The number of anilines is 3. The molecule has 1 fully saturated rings. The van der Waals surface area contributed by atoms with Gasteiger partial charge in [-0.15, -0.1) is 0 Å². The van der Waals surface area contributed by atoms with Crippen molar-refractivity contribution in [3.63, 3.8) is 0 Å². The minimum absolute atomic E-state index is 0.117. The number of allylic oxidation sites excluding steroid dienone is 1. The molecule has 0 radical (unpaired) electrons. The number of hydrogen-bond donors (Lipinski definition) is 1. The van der Waals surface area contributed by atoms with Crippen LogP contribution in [0.2, 0.25) is 0 Å². The number of hydrogen-bond acceptors (Lipinski definition) is 7. The number of halogens is 3. The molecule has 5 rings (SSSR count). The second-order valence-electron chi connectivity index (χ2n) is 8.49. The van der Waals surface area contributed by atoms with Crippen LogP contribution in [-0.4, -0.2) is 53.1 Å². The number of aromatic nitrogens is 3. The summed E-state index contributed by atoms with van der Waals surface area (Å²) in [6.07, 6.45) is 4.55. The molecule has 3 aromatic rings. The highest BCUT2D eigenvalue weighted by atomic mass is 19.1. The molecule has 1 aromatic carbocycles. The molecule has 0 saturated carbocycles. The van der Waals surface area contributed by atoms with Crippen molar-refractivity contribution in [1.82, 2.24) is 19.9 Å². The first kappa shape index (κ1) is 22.1. The molecule has 7 nitrogen and oxygen atoms in total. The summed E-state index contributed by atoms with van der Waals surface area (Å²) in [6, 6.07) is 4.53. The molecule has 176 valence electrons. The molecule has 3 heterocycles. The van der Waals surface area contributed by atoms with Crippen LogP contribution < -0.4 is 15.0 Å². The topological polar surface area (TPSA) is 66.4 Å². The Morgan fingerprint density at radius 3 is 2.53 bits per heavy atom. The largest absolute Gasteiger partial charge is 0.433 e. The summed E-state index contributed by atoms with van der Waals surface area (Å²) in [7, 11) is 2.08. The first-order valence-corrected chi connectivity index (χ1v) is 10.9. The number of pyridine rings is 1. The van der Waals surface area contributed by atoms with Crippen LogP contribution in [0.15, 0.2) is 36.3 Å². The molecule has 2 aliphatic rings. The second kappa shape index (κ2) is 8.94. The van der Waals surface area contributed by atoms with Crippen molar-refractivity contribution in [2.75, 3.05) is 43.4 Å². The van der Waals surface area contributed by atoms with E-state index < -0.39 is 29.1 Å². The van der Waals surface area contributed by atoms with E-state index in [0.717, 1.165) is 50.0 Å². The van der Waals surface area contributed by atoms with Crippen molar-refractivity contribution >= 4 is 23.4 Å². The molecule has 0 atom stereocenters. The van der Waals surface area contributed by atoms with E-state index >= 15 is 4.39 Å². The Hall–Kier alpha value is -3.66. The van der Waals surface area contributed by atoms with Gasteiger partial charge in [0.1, 0.15) is 18.0 Å². The fourth-order valence-corrected chi connectivity index (χ4v) is 4.08. The summed E-state index contributed by atoms with van der Waals surface area (Å²) < 4.78 is 49.7. The summed E-state index contributed by atoms with van der Waals surface area (Å²) in [5.41, 5.74) is 1.72. The smallest absolute Gasteiger partial charge is 0.261 e. The minimum Gasteiger partial charge on any atom is -0.433 e. The van der Waals surface area contributed by atoms with E-state index in [1.54, 1.807) is 25.3 Å². The number of nitrogens with one attached hydrogen (secondary N) is 1. The van der Waals surface area contributed by atoms with Crippen molar-refractivity contribution in [2.45, 2.75) is 13.3 Å². The van der Waals surface area contributed by atoms with Gasteiger partial charge in [-0.2, -0.15) is 9.37 Å². The zero-order chi connectivity index (χ0) is 23.8. The Bertz CT molecular complexity index is 1260. The summed E-state index contributed by atoms with van der Waals surface area (Å²) in [4.78, 5) is 16.6. The third-order valence-corrected chi connectivity index (χ3v) is 5.97.